The Kier molecular flexibility index (Phi) is 54.8. The summed E-state index contributed by atoms with van der Waals surface area (Å²) in [5.41, 5.74) is 0. The van der Waals surface area contributed by atoms with E-state index in [1.807, 2.05) is 7.05 Å². The van der Waals surface area contributed by atoms with Gasteiger partial charge in [0.15, 0.2) is 0 Å². The zero-order chi connectivity index (χ0) is 39.1. The lowest BCUT2D eigenvalue weighted by atomic mass is 10.0. The first-order valence-electron chi connectivity index (χ1n) is 23.1. The van der Waals surface area contributed by atoms with E-state index in [2.05, 4.69) is 37.2 Å². The van der Waals surface area contributed by atoms with Gasteiger partial charge in [0, 0.05) is 6.61 Å². The molecule has 0 amide bonds. The minimum atomic E-state index is -4.16. The van der Waals surface area contributed by atoms with Crippen LogP contribution in [0.25, 0.3) is 0 Å². The second kappa shape index (κ2) is 50.8. The van der Waals surface area contributed by atoms with Crippen LogP contribution in [-0.2, 0) is 19.3 Å². The summed E-state index contributed by atoms with van der Waals surface area (Å²) in [7, 11) is -1.36. The Morgan fingerprint density at radius 3 is 0.923 bits per heavy atom. The monoisotopic (exact) mass is 764 g/mol. The summed E-state index contributed by atoms with van der Waals surface area (Å²) in [6, 6.07) is 0. The Hall–Kier alpha value is -0.210. The van der Waals surface area contributed by atoms with Gasteiger partial charge in [0.2, 0.25) is 0 Å². The number of unbranched alkanes of at least 4 members (excludes halogenated alkanes) is 31. The molecule has 1 unspecified atom stereocenters. The van der Waals surface area contributed by atoms with Crippen molar-refractivity contribution in [2.75, 3.05) is 27.3 Å². The van der Waals surface area contributed by atoms with Crippen LogP contribution in [0.15, 0.2) is 0 Å². The average Bonchev–Trinajstić information content (AvgIpc) is 3.14. The Morgan fingerprint density at radius 2 is 0.673 bits per heavy atom. The molecule has 7 heteroatoms. The molecule has 0 aliphatic rings. The van der Waals surface area contributed by atoms with E-state index in [4.69, 9.17) is 9.29 Å². The van der Waals surface area contributed by atoms with Gasteiger partial charge in [-0.2, -0.15) is 8.42 Å². The summed E-state index contributed by atoms with van der Waals surface area (Å²) in [6.45, 7) is 11.1. The van der Waals surface area contributed by atoms with E-state index in [0.717, 1.165) is 20.3 Å². The van der Waals surface area contributed by atoms with Gasteiger partial charge in [-0.1, -0.05) is 240 Å². The number of rotatable bonds is 40. The molecule has 0 bridgehead atoms. The molecule has 0 aromatic heterocycles. The predicted octanol–water partition coefficient (Wildman–Crippen LogP) is 15.1. The molecule has 1 atom stereocenters. The third-order valence-corrected chi connectivity index (χ3v) is 10.6. The molecule has 318 valence electrons. The van der Waals surface area contributed by atoms with Gasteiger partial charge < -0.3 is 10.1 Å². The van der Waals surface area contributed by atoms with E-state index in [-0.39, 0.29) is 0 Å². The zero-order valence-electron chi connectivity index (χ0n) is 36.4. The molecule has 0 saturated heterocycles. The van der Waals surface area contributed by atoms with Crippen molar-refractivity contribution < 1.29 is 21.9 Å². The molecule has 0 aliphatic heterocycles. The lowest BCUT2D eigenvalue weighted by Gasteiger charge is -2.18. The zero-order valence-corrected chi connectivity index (χ0v) is 37.3. The van der Waals surface area contributed by atoms with Crippen molar-refractivity contribution in [3.8, 4) is 0 Å². The van der Waals surface area contributed by atoms with Crippen molar-refractivity contribution in [2.24, 2.45) is 0 Å². The lowest BCUT2D eigenvalue weighted by Crippen LogP contribution is -2.14. The van der Waals surface area contributed by atoms with Crippen molar-refractivity contribution in [3.05, 3.63) is 0 Å². The van der Waals surface area contributed by atoms with E-state index >= 15 is 0 Å². The van der Waals surface area contributed by atoms with Crippen LogP contribution in [0.2, 0.25) is 0 Å². The lowest BCUT2D eigenvalue weighted by molar-refractivity contribution is 0.0360. The molecule has 0 radical (unpaired) electrons. The molecule has 6 nitrogen and oxygen atoms in total. The van der Waals surface area contributed by atoms with Crippen molar-refractivity contribution in [1.82, 2.24) is 5.32 Å². The van der Waals surface area contributed by atoms with Gasteiger partial charge in [-0.15, -0.1) is 0 Å². The molecular weight excluding hydrogens is 667 g/mol. The summed E-state index contributed by atoms with van der Waals surface area (Å²) in [4.78, 5) is 0. The molecule has 0 saturated carbocycles. The first-order valence-corrected chi connectivity index (χ1v) is 24.5. The van der Waals surface area contributed by atoms with Crippen molar-refractivity contribution in [1.29, 1.82) is 0 Å². The first kappa shape index (κ1) is 56.1. The second-order valence-corrected chi connectivity index (χ2v) is 16.5. The van der Waals surface area contributed by atoms with Gasteiger partial charge in [-0.05, 0) is 32.9 Å². The highest BCUT2D eigenvalue weighted by atomic mass is 32.3. The topological polar surface area (TPSA) is 84.9 Å². The fourth-order valence-corrected chi connectivity index (χ4v) is 6.56. The average molecular weight is 764 g/mol. The number of nitrogens with one attached hydrogen (secondary N) is 1. The number of ether oxygens (including phenoxy) is 1. The van der Waals surface area contributed by atoms with E-state index in [9.17, 15) is 8.42 Å². The van der Waals surface area contributed by atoms with Crippen LogP contribution >= 0.6 is 0 Å². The van der Waals surface area contributed by atoms with Crippen molar-refractivity contribution >= 4 is 10.4 Å². The van der Waals surface area contributed by atoms with Crippen molar-refractivity contribution in [2.45, 2.75) is 265 Å². The minimum Gasteiger partial charge on any atom is -0.378 e. The minimum absolute atomic E-state index is 0.535. The predicted molar refractivity (Wildman–Crippen MR) is 231 cm³/mol. The summed E-state index contributed by atoms with van der Waals surface area (Å²) in [5.74, 6) is 0. The van der Waals surface area contributed by atoms with Crippen LogP contribution < -0.4 is 5.32 Å². The van der Waals surface area contributed by atoms with Crippen LogP contribution in [0.5, 0.6) is 0 Å². The highest BCUT2D eigenvalue weighted by Crippen LogP contribution is 2.18. The van der Waals surface area contributed by atoms with Gasteiger partial charge in [0.25, 0.3) is 0 Å². The summed E-state index contributed by atoms with van der Waals surface area (Å²) in [6.07, 6.45) is 52.0. The van der Waals surface area contributed by atoms with Gasteiger partial charge >= 0.3 is 10.4 Å². The maximum absolute atomic E-state index is 9.33. The van der Waals surface area contributed by atoms with E-state index in [1.54, 1.807) is 0 Å². The molecule has 0 aromatic carbocycles. The van der Waals surface area contributed by atoms with Gasteiger partial charge in [0.05, 0.1) is 13.2 Å². The molecule has 0 fully saturated rings. The Morgan fingerprint density at radius 1 is 0.442 bits per heavy atom. The summed E-state index contributed by atoms with van der Waals surface area (Å²) >= 11 is 0. The highest BCUT2D eigenvalue weighted by molar-refractivity contribution is 7.80. The maximum atomic E-state index is 9.33. The fraction of sp³-hybridized carbons (Fsp3) is 1.00. The van der Waals surface area contributed by atoms with Crippen LogP contribution in [0.3, 0.4) is 0 Å². The maximum Gasteiger partial charge on any atom is 0.397 e. The second-order valence-electron chi connectivity index (χ2n) is 15.3. The normalized spacial score (nSPS) is 11.9. The van der Waals surface area contributed by atoms with Crippen LogP contribution in [-0.4, -0.2) is 46.4 Å². The molecule has 52 heavy (non-hydrogen) atoms. The number of hydrogen-bond acceptors (Lipinski definition) is 5. The fourth-order valence-electron chi connectivity index (χ4n) is 6.56. The number of hydrogen-bond donors (Lipinski definition) is 2. The van der Waals surface area contributed by atoms with E-state index in [1.165, 1.54) is 231 Å². The molecule has 0 heterocycles. The molecular formula is C45H97NO5S. The van der Waals surface area contributed by atoms with E-state index < -0.39 is 10.4 Å². The van der Waals surface area contributed by atoms with Crippen molar-refractivity contribution in [3.63, 3.8) is 0 Å². The first-order chi connectivity index (χ1) is 25.3. The molecule has 2 N–H and O–H groups in total. The Balaban J connectivity index is -0.00000209. The van der Waals surface area contributed by atoms with E-state index in [0.29, 0.717) is 6.10 Å². The molecule has 0 aliphatic carbocycles. The molecule has 0 spiro atoms. The van der Waals surface area contributed by atoms with Gasteiger partial charge in [-0.3, -0.25) is 8.74 Å². The smallest absolute Gasteiger partial charge is 0.378 e. The SMILES string of the molecule is CCCCCCCCCCCCCCCCCCOC(CCCC)CCCCCCCCCCCCCCCCCC.CCNC.COS(=O)(=O)O. The summed E-state index contributed by atoms with van der Waals surface area (Å²) in [5, 5.41) is 2.93. The Bertz CT molecular complexity index is 704. The molecule has 0 rings (SSSR count). The molecule has 0 aromatic rings. The van der Waals surface area contributed by atoms with Gasteiger partial charge in [-0.25, -0.2) is 0 Å². The third kappa shape index (κ3) is 59.1. The largest absolute Gasteiger partial charge is 0.397 e. The Labute approximate surface area is 328 Å². The third-order valence-electron chi connectivity index (χ3n) is 10.2. The van der Waals surface area contributed by atoms with Crippen LogP contribution in [0, 0.1) is 0 Å². The van der Waals surface area contributed by atoms with Gasteiger partial charge in [0.1, 0.15) is 0 Å². The highest BCUT2D eigenvalue weighted by Gasteiger charge is 2.08. The standard InChI is InChI=1S/C41H84O.C3H9N.CH4O4S/c1-4-7-10-12-14-16-18-20-22-24-26-28-30-32-34-36-39-41(38-9-6-3)42-40-37-35-33-31-29-27-25-23-21-19-17-15-13-11-8-5-2;1-3-4-2;1-5-6(2,3)4/h41H,4-40H2,1-3H3;4H,3H2,1-2H3;1H3,(H,2,3,4). The van der Waals surface area contributed by atoms with Crippen LogP contribution in [0.4, 0.5) is 0 Å². The van der Waals surface area contributed by atoms with Crippen LogP contribution in [0.1, 0.15) is 259 Å². The quantitative estimate of drug-likeness (QED) is 0.0477. The summed E-state index contributed by atoms with van der Waals surface area (Å²) < 4.78 is 36.1.